The normalized spacial score (nSPS) is 21.3. The van der Waals surface area contributed by atoms with Crippen molar-refractivity contribution in [1.29, 1.82) is 0 Å². The van der Waals surface area contributed by atoms with Crippen molar-refractivity contribution in [3.63, 3.8) is 0 Å². The zero-order valence-corrected chi connectivity index (χ0v) is 15.3. The number of aliphatic hydroxyl groups excluding tert-OH is 1. The molecule has 5 nitrogen and oxygen atoms in total. The minimum Gasteiger partial charge on any atom is -0.392 e. The maximum Gasteiger partial charge on any atom is 0.236 e. The highest BCUT2D eigenvalue weighted by Gasteiger charge is 2.27. The van der Waals surface area contributed by atoms with Crippen molar-refractivity contribution in [2.45, 2.75) is 39.0 Å². The Morgan fingerprint density at radius 1 is 1.52 bits per heavy atom. The number of likely N-dealkylation sites (N-methyl/N-ethyl adjacent to an activating group) is 1. The van der Waals surface area contributed by atoms with E-state index in [2.05, 4.69) is 22.8 Å². The van der Waals surface area contributed by atoms with E-state index in [-0.39, 0.29) is 12.0 Å². The number of hydrogen-bond donors (Lipinski definition) is 1. The Labute approximate surface area is 143 Å². The van der Waals surface area contributed by atoms with Crippen LogP contribution in [-0.4, -0.2) is 77.6 Å². The van der Waals surface area contributed by atoms with Gasteiger partial charge in [0.05, 0.1) is 19.2 Å². The lowest BCUT2D eigenvalue weighted by Crippen LogP contribution is -2.56. The number of rotatable bonds is 7. The van der Waals surface area contributed by atoms with E-state index in [0.29, 0.717) is 19.1 Å². The molecule has 0 aliphatic carbocycles. The van der Waals surface area contributed by atoms with E-state index in [1.807, 2.05) is 30.3 Å². The van der Waals surface area contributed by atoms with Gasteiger partial charge in [-0.3, -0.25) is 14.6 Å². The van der Waals surface area contributed by atoms with E-state index < -0.39 is 0 Å². The number of thiophene rings is 1. The zero-order valence-electron chi connectivity index (χ0n) is 14.4. The van der Waals surface area contributed by atoms with Crippen molar-refractivity contribution >= 4 is 17.2 Å². The van der Waals surface area contributed by atoms with Gasteiger partial charge in [-0.2, -0.15) is 0 Å². The van der Waals surface area contributed by atoms with Gasteiger partial charge >= 0.3 is 0 Å². The van der Waals surface area contributed by atoms with Gasteiger partial charge in [-0.05, 0) is 24.8 Å². The highest BCUT2D eigenvalue weighted by Crippen LogP contribution is 2.15. The quantitative estimate of drug-likeness (QED) is 0.817. The van der Waals surface area contributed by atoms with E-state index in [1.54, 1.807) is 11.3 Å². The molecule has 0 saturated carbocycles. The number of carbonyl (C=O) groups excluding carboxylic acids is 1. The third-order valence-corrected chi connectivity index (χ3v) is 5.28. The third kappa shape index (κ3) is 5.57. The molecule has 0 spiro atoms. The molecule has 1 aromatic rings. The first-order chi connectivity index (χ1) is 11.0. The summed E-state index contributed by atoms with van der Waals surface area (Å²) in [6, 6.07) is 4.51. The Bertz CT molecular complexity index is 478. The van der Waals surface area contributed by atoms with Crippen molar-refractivity contribution in [2.75, 3.05) is 39.8 Å². The fourth-order valence-electron chi connectivity index (χ4n) is 3.10. The molecule has 0 bridgehead atoms. The summed E-state index contributed by atoms with van der Waals surface area (Å²) < 4.78 is 0. The Kier molecular flexibility index (Phi) is 7.02. The fourth-order valence-corrected chi connectivity index (χ4v) is 3.86. The van der Waals surface area contributed by atoms with Crippen LogP contribution in [-0.2, 0) is 11.3 Å². The van der Waals surface area contributed by atoms with Crippen molar-refractivity contribution in [2.24, 2.45) is 0 Å². The summed E-state index contributed by atoms with van der Waals surface area (Å²) in [5.74, 6) is 0.178. The monoisotopic (exact) mass is 339 g/mol. The molecule has 0 aromatic carbocycles. The second kappa shape index (κ2) is 8.78. The molecule has 6 heteroatoms. The van der Waals surface area contributed by atoms with Gasteiger partial charge in [-0.1, -0.05) is 13.0 Å². The summed E-state index contributed by atoms with van der Waals surface area (Å²) in [7, 11) is 1.88. The van der Waals surface area contributed by atoms with Crippen LogP contribution < -0.4 is 0 Å². The molecule has 0 radical (unpaired) electrons. The minimum absolute atomic E-state index is 0.178. The lowest BCUT2D eigenvalue weighted by Gasteiger charge is -2.41. The fraction of sp³-hybridized carbons (Fsp3) is 0.706. The molecule has 2 heterocycles. The largest absolute Gasteiger partial charge is 0.392 e. The summed E-state index contributed by atoms with van der Waals surface area (Å²) in [4.78, 5) is 20.1. The van der Waals surface area contributed by atoms with Crippen LogP contribution >= 0.6 is 11.3 Å². The Balaban J connectivity index is 1.82. The molecule has 2 rings (SSSR count). The molecule has 1 fully saturated rings. The SMILES string of the molecule is CC[C@@H]1CN(CC(=O)N(C)Cc2cccs2)CCN1C[C@@H](C)O. The maximum absolute atomic E-state index is 12.4. The predicted octanol–water partition coefficient (Wildman–Crippen LogP) is 1.48. The second-order valence-electron chi connectivity index (χ2n) is 6.47. The topological polar surface area (TPSA) is 47.0 Å². The summed E-state index contributed by atoms with van der Waals surface area (Å²) in [5, 5.41) is 11.7. The lowest BCUT2D eigenvalue weighted by atomic mass is 10.1. The molecule has 1 N–H and O–H groups in total. The Morgan fingerprint density at radius 3 is 2.91 bits per heavy atom. The zero-order chi connectivity index (χ0) is 16.8. The van der Waals surface area contributed by atoms with Gasteiger partial charge in [0.25, 0.3) is 0 Å². The number of nitrogens with zero attached hydrogens (tertiary/aromatic N) is 3. The van der Waals surface area contributed by atoms with E-state index in [0.717, 1.165) is 32.6 Å². The first kappa shape index (κ1) is 18.4. The summed E-state index contributed by atoms with van der Waals surface area (Å²) in [5.41, 5.74) is 0. The van der Waals surface area contributed by atoms with Gasteiger partial charge in [-0.15, -0.1) is 11.3 Å². The third-order valence-electron chi connectivity index (χ3n) is 4.42. The standard InChI is InChI=1S/C17H29N3O2S/c1-4-15-11-19(7-8-20(15)10-14(2)21)13-17(22)18(3)12-16-6-5-9-23-16/h5-6,9,14-15,21H,4,7-8,10-13H2,1-3H3/t14-,15-/m1/s1. The molecule has 1 aliphatic heterocycles. The van der Waals surface area contributed by atoms with Gasteiger partial charge in [0, 0.05) is 44.1 Å². The van der Waals surface area contributed by atoms with Crippen LogP contribution in [0, 0.1) is 0 Å². The van der Waals surface area contributed by atoms with Crippen LogP contribution in [0.15, 0.2) is 17.5 Å². The first-order valence-corrected chi connectivity index (χ1v) is 9.28. The van der Waals surface area contributed by atoms with E-state index in [4.69, 9.17) is 0 Å². The molecule has 2 atom stereocenters. The molecule has 1 aliphatic rings. The van der Waals surface area contributed by atoms with Crippen molar-refractivity contribution in [3.8, 4) is 0 Å². The Morgan fingerprint density at radius 2 is 2.30 bits per heavy atom. The van der Waals surface area contributed by atoms with E-state index in [9.17, 15) is 9.90 Å². The maximum atomic E-state index is 12.4. The number of piperazine rings is 1. The van der Waals surface area contributed by atoms with Crippen LogP contribution in [0.25, 0.3) is 0 Å². The second-order valence-corrected chi connectivity index (χ2v) is 7.50. The van der Waals surface area contributed by atoms with Gasteiger partial charge in [0.15, 0.2) is 0 Å². The number of β-amino-alcohol motifs (C(OH)–C–C–N with tert-alkyl or cyclic N) is 1. The molecule has 1 aromatic heterocycles. The molecular weight excluding hydrogens is 310 g/mol. The smallest absolute Gasteiger partial charge is 0.236 e. The average molecular weight is 340 g/mol. The predicted molar refractivity (Wildman–Crippen MR) is 94.6 cm³/mol. The summed E-state index contributed by atoms with van der Waals surface area (Å²) >= 11 is 1.69. The lowest BCUT2D eigenvalue weighted by molar-refractivity contribution is -0.132. The van der Waals surface area contributed by atoms with Gasteiger partial charge in [0.1, 0.15) is 0 Å². The number of aliphatic hydroxyl groups is 1. The Hall–Kier alpha value is -0.950. The average Bonchev–Trinajstić information content (AvgIpc) is 3.01. The van der Waals surface area contributed by atoms with Gasteiger partial charge in [0.2, 0.25) is 5.91 Å². The van der Waals surface area contributed by atoms with Crippen LogP contribution in [0.5, 0.6) is 0 Å². The molecule has 1 amide bonds. The van der Waals surface area contributed by atoms with E-state index >= 15 is 0 Å². The van der Waals surface area contributed by atoms with Crippen LogP contribution in [0.1, 0.15) is 25.1 Å². The van der Waals surface area contributed by atoms with Crippen LogP contribution in [0.4, 0.5) is 0 Å². The molecular formula is C17H29N3O2S. The van der Waals surface area contributed by atoms with E-state index in [1.165, 1.54) is 4.88 Å². The summed E-state index contributed by atoms with van der Waals surface area (Å²) in [6.45, 7) is 8.63. The number of amides is 1. The first-order valence-electron chi connectivity index (χ1n) is 8.40. The van der Waals surface area contributed by atoms with Crippen molar-refractivity contribution in [3.05, 3.63) is 22.4 Å². The van der Waals surface area contributed by atoms with Crippen molar-refractivity contribution < 1.29 is 9.90 Å². The molecule has 23 heavy (non-hydrogen) atoms. The van der Waals surface area contributed by atoms with Gasteiger partial charge in [-0.25, -0.2) is 0 Å². The number of hydrogen-bond acceptors (Lipinski definition) is 5. The number of carbonyl (C=O) groups is 1. The van der Waals surface area contributed by atoms with Crippen molar-refractivity contribution in [1.82, 2.24) is 14.7 Å². The minimum atomic E-state index is -0.297. The summed E-state index contributed by atoms with van der Waals surface area (Å²) in [6.07, 6.45) is 0.747. The van der Waals surface area contributed by atoms with Gasteiger partial charge < -0.3 is 10.0 Å². The molecule has 0 unspecified atom stereocenters. The molecule has 1 saturated heterocycles. The van der Waals surface area contributed by atoms with Crippen LogP contribution in [0.3, 0.4) is 0 Å². The highest BCUT2D eigenvalue weighted by molar-refractivity contribution is 7.09. The van der Waals surface area contributed by atoms with Crippen LogP contribution in [0.2, 0.25) is 0 Å². The highest BCUT2D eigenvalue weighted by atomic mass is 32.1. The molecule has 130 valence electrons.